The minimum atomic E-state index is -0.749. The minimum Gasteiger partial charge on any atom is -0.454 e. The second-order valence-corrected chi connectivity index (χ2v) is 10.2. The predicted molar refractivity (Wildman–Crippen MR) is 140 cm³/mol. The van der Waals surface area contributed by atoms with Crippen molar-refractivity contribution in [3.05, 3.63) is 99.5 Å². The number of rotatable bonds is 6. The van der Waals surface area contributed by atoms with E-state index in [4.69, 9.17) is 27.9 Å². The first-order chi connectivity index (χ1) is 17.8. The summed E-state index contributed by atoms with van der Waals surface area (Å²) in [5.41, 5.74) is 1.82. The molecule has 5 rings (SSSR count). The summed E-state index contributed by atoms with van der Waals surface area (Å²) in [6.07, 6.45) is 2.10. The number of amides is 2. The van der Waals surface area contributed by atoms with Crippen LogP contribution in [0.15, 0.2) is 72.8 Å². The van der Waals surface area contributed by atoms with E-state index in [9.17, 15) is 19.2 Å². The summed E-state index contributed by atoms with van der Waals surface area (Å²) in [5.74, 6) is -2.22. The average Bonchev–Trinajstić information content (AvgIpc) is 3.16. The van der Waals surface area contributed by atoms with Gasteiger partial charge in [-0.2, -0.15) is 0 Å². The molecule has 0 radical (unpaired) electrons. The smallest absolute Gasteiger partial charge is 0.338 e. The largest absolute Gasteiger partial charge is 0.454 e. The summed E-state index contributed by atoms with van der Waals surface area (Å²) in [7, 11) is 0. The number of halogens is 2. The molecule has 1 saturated carbocycles. The molecule has 2 amide bonds. The minimum absolute atomic E-state index is 0.130. The molecule has 8 heteroatoms. The molecular weight excluding hydrogens is 513 g/mol. The van der Waals surface area contributed by atoms with E-state index in [0.717, 1.165) is 6.42 Å². The van der Waals surface area contributed by atoms with Gasteiger partial charge in [-0.3, -0.25) is 19.3 Å². The Kier molecular flexibility index (Phi) is 7.13. The maximum atomic E-state index is 13.4. The van der Waals surface area contributed by atoms with E-state index < -0.39 is 18.4 Å². The van der Waals surface area contributed by atoms with Gasteiger partial charge in [-0.1, -0.05) is 59.6 Å². The van der Waals surface area contributed by atoms with Crippen LogP contribution >= 0.6 is 23.2 Å². The van der Waals surface area contributed by atoms with Crippen LogP contribution in [0.3, 0.4) is 0 Å². The van der Waals surface area contributed by atoms with Crippen molar-refractivity contribution >= 4 is 52.5 Å². The number of benzene rings is 3. The number of hydrogen-bond acceptors (Lipinski definition) is 5. The molecule has 188 valence electrons. The normalized spacial score (nSPS) is 21.0. The van der Waals surface area contributed by atoms with E-state index in [2.05, 4.69) is 12.1 Å². The highest BCUT2D eigenvalue weighted by molar-refractivity contribution is 6.36. The summed E-state index contributed by atoms with van der Waals surface area (Å²) in [6.45, 7) is -0.517. The van der Waals surface area contributed by atoms with Crippen molar-refractivity contribution in [3.8, 4) is 0 Å². The number of nitrogens with zero attached hydrogens (tertiary/aromatic N) is 1. The third kappa shape index (κ3) is 5.04. The van der Waals surface area contributed by atoms with Crippen LogP contribution < -0.4 is 4.90 Å². The van der Waals surface area contributed by atoms with Crippen LogP contribution in [0.1, 0.15) is 51.5 Å². The highest BCUT2D eigenvalue weighted by Crippen LogP contribution is 2.45. The summed E-state index contributed by atoms with van der Waals surface area (Å²) in [5, 5.41) is 0.550. The maximum absolute atomic E-state index is 13.4. The van der Waals surface area contributed by atoms with Gasteiger partial charge < -0.3 is 4.74 Å². The van der Waals surface area contributed by atoms with Crippen LogP contribution in [0.2, 0.25) is 10.0 Å². The molecule has 2 aliphatic rings. The first-order valence-electron chi connectivity index (χ1n) is 12.0. The third-order valence-electron chi connectivity index (χ3n) is 7.10. The van der Waals surface area contributed by atoms with E-state index in [-0.39, 0.29) is 45.7 Å². The molecule has 0 N–H and O–H groups in total. The van der Waals surface area contributed by atoms with Gasteiger partial charge >= 0.3 is 5.97 Å². The lowest BCUT2D eigenvalue weighted by atomic mass is 9.73. The number of ketones is 1. The Hall–Kier alpha value is -3.48. The Morgan fingerprint density at radius 2 is 1.62 bits per heavy atom. The lowest BCUT2D eigenvalue weighted by Crippen LogP contribution is -2.31. The lowest BCUT2D eigenvalue weighted by Gasteiger charge is -2.28. The topological polar surface area (TPSA) is 80.8 Å². The quantitative estimate of drug-likeness (QED) is 0.216. The molecule has 3 atom stereocenters. The molecule has 3 aromatic carbocycles. The van der Waals surface area contributed by atoms with E-state index in [1.165, 1.54) is 40.8 Å². The molecule has 1 heterocycles. The molecule has 1 aliphatic carbocycles. The standard InChI is InChI=1S/C29H23Cl2NO5/c30-20-10-12-23(25(31)15-20)26(33)16-37-29(36)19-7-4-8-21(13-19)32-27(34)22-11-9-18(14-24(22)28(32)35)17-5-2-1-3-6-17/h1-8,10,12-13,15,18,22,24H,9,11,14,16H2/t18-,22+,24-/m1/s1. The van der Waals surface area contributed by atoms with Gasteiger partial charge in [0.05, 0.1) is 28.1 Å². The van der Waals surface area contributed by atoms with E-state index in [0.29, 0.717) is 23.6 Å². The first kappa shape index (κ1) is 25.2. The zero-order valence-electron chi connectivity index (χ0n) is 19.7. The Morgan fingerprint density at radius 1 is 0.865 bits per heavy atom. The van der Waals surface area contributed by atoms with Crippen LogP contribution in [0, 0.1) is 11.8 Å². The predicted octanol–water partition coefficient (Wildman–Crippen LogP) is 6.11. The fourth-order valence-electron chi connectivity index (χ4n) is 5.24. The number of carbonyl (C=O) groups excluding carboxylic acids is 4. The highest BCUT2D eigenvalue weighted by Gasteiger charge is 2.50. The van der Waals surface area contributed by atoms with Crippen molar-refractivity contribution in [2.75, 3.05) is 11.5 Å². The van der Waals surface area contributed by atoms with Crippen LogP contribution in [0.4, 0.5) is 5.69 Å². The summed E-state index contributed by atoms with van der Waals surface area (Å²) in [6, 6.07) is 20.6. The molecule has 3 aromatic rings. The van der Waals surface area contributed by atoms with Crippen molar-refractivity contribution in [2.24, 2.45) is 11.8 Å². The molecule has 0 unspecified atom stereocenters. The van der Waals surface area contributed by atoms with Crippen LogP contribution in [0.25, 0.3) is 0 Å². The molecular formula is C29H23Cl2NO5. The number of ether oxygens (including phenoxy) is 1. The van der Waals surface area contributed by atoms with Gasteiger partial charge in [0.1, 0.15) is 0 Å². The molecule has 0 bridgehead atoms. The lowest BCUT2D eigenvalue weighted by molar-refractivity contribution is -0.122. The van der Waals surface area contributed by atoms with E-state index in [1.807, 2.05) is 18.2 Å². The van der Waals surface area contributed by atoms with Crippen molar-refractivity contribution in [2.45, 2.75) is 25.2 Å². The monoisotopic (exact) mass is 535 g/mol. The van der Waals surface area contributed by atoms with Crippen molar-refractivity contribution < 1.29 is 23.9 Å². The number of imide groups is 1. The van der Waals surface area contributed by atoms with Crippen molar-refractivity contribution in [1.82, 2.24) is 0 Å². The SMILES string of the molecule is O=C(OCC(=O)c1ccc(Cl)cc1Cl)c1cccc(N2C(=O)[C@H]3CC[C@@H](c4ccccc4)C[C@H]3C2=O)c1. The summed E-state index contributed by atoms with van der Waals surface area (Å²) in [4.78, 5) is 52.9. The molecule has 0 spiro atoms. The number of carbonyl (C=O) groups is 4. The maximum Gasteiger partial charge on any atom is 0.338 e. The molecule has 37 heavy (non-hydrogen) atoms. The number of anilines is 1. The van der Waals surface area contributed by atoms with E-state index in [1.54, 1.807) is 12.1 Å². The first-order valence-corrected chi connectivity index (χ1v) is 12.8. The molecule has 6 nitrogen and oxygen atoms in total. The van der Waals surface area contributed by atoms with Gasteiger partial charge in [0.2, 0.25) is 17.6 Å². The van der Waals surface area contributed by atoms with Gasteiger partial charge in [-0.25, -0.2) is 4.79 Å². The Balaban J connectivity index is 1.28. The number of hydrogen-bond donors (Lipinski definition) is 0. The average molecular weight is 536 g/mol. The fourth-order valence-corrected chi connectivity index (χ4v) is 5.76. The summed E-state index contributed by atoms with van der Waals surface area (Å²) < 4.78 is 5.19. The third-order valence-corrected chi connectivity index (χ3v) is 7.65. The highest BCUT2D eigenvalue weighted by atomic mass is 35.5. The summed E-state index contributed by atoms with van der Waals surface area (Å²) >= 11 is 11.9. The molecule has 1 aliphatic heterocycles. The van der Waals surface area contributed by atoms with Gasteiger partial charge in [0, 0.05) is 10.6 Å². The van der Waals surface area contributed by atoms with Gasteiger partial charge in [0.25, 0.3) is 0 Å². The second-order valence-electron chi connectivity index (χ2n) is 9.32. The Labute approximate surface area is 224 Å². The second kappa shape index (κ2) is 10.5. The van der Waals surface area contributed by atoms with Gasteiger partial charge in [-0.05, 0) is 67.1 Å². The number of fused-ring (bicyclic) bond motifs is 1. The Morgan fingerprint density at radius 3 is 2.38 bits per heavy atom. The molecule has 0 aromatic heterocycles. The van der Waals surface area contributed by atoms with Crippen LogP contribution in [-0.4, -0.2) is 30.2 Å². The van der Waals surface area contributed by atoms with Gasteiger partial charge in [0.15, 0.2) is 6.61 Å². The van der Waals surface area contributed by atoms with Crippen molar-refractivity contribution in [1.29, 1.82) is 0 Å². The zero-order valence-corrected chi connectivity index (χ0v) is 21.2. The molecule has 2 fully saturated rings. The fraction of sp³-hybridized carbons (Fsp3) is 0.241. The Bertz CT molecular complexity index is 1390. The van der Waals surface area contributed by atoms with Crippen molar-refractivity contribution in [3.63, 3.8) is 0 Å². The van der Waals surface area contributed by atoms with Crippen LogP contribution in [0.5, 0.6) is 0 Å². The number of esters is 1. The molecule has 1 saturated heterocycles. The number of Topliss-reactive ketones (excluding diaryl/α,β-unsaturated/α-hetero) is 1. The zero-order chi connectivity index (χ0) is 26.1. The van der Waals surface area contributed by atoms with Gasteiger partial charge in [-0.15, -0.1) is 0 Å². The van der Waals surface area contributed by atoms with Crippen LogP contribution in [-0.2, 0) is 14.3 Å². The van der Waals surface area contributed by atoms with E-state index >= 15 is 0 Å².